The summed E-state index contributed by atoms with van der Waals surface area (Å²) in [5.41, 5.74) is 2.62. The third-order valence-corrected chi connectivity index (χ3v) is 3.04. The zero-order chi connectivity index (χ0) is 11.8. The van der Waals surface area contributed by atoms with Crippen LogP contribution in [0.4, 0.5) is 0 Å². The van der Waals surface area contributed by atoms with Crippen LogP contribution < -0.4 is 0 Å². The highest BCUT2D eigenvalue weighted by atomic mass is 16.3. The topological polar surface area (TPSA) is 42.6 Å². The molecule has 0 fully saturated rings. The van der Waals surface area contributed by atoms with Crippen molar-refractivity contribution in [2.24, 2.45) is 5.18 Å². The maximum absolute atomic E-state index is 10.6. The Kier molecular flexibility index (Phi) is 2.18. The summed E-state index contributed by atoms with van der Waals surface area (Å²) >= 11 is 0. The van der Waals surface area contributed by atoms with Crippen LogP contribution in [0.5, 0.6) is 0 Å². The molecule has 0 radical (unpaired) electrons. The van der Waals surface area contributed by atoms with Gasteiger partial charge < -0.3 is 4.42 Å². The first-order chi connectivity index (χ1) is 8.29. The second-order valence-corrected chi connectivity index (χ2v) is 4.14. The second kappa shape index (κ2) is 3.70. The van der Waals surface area contributed by atoms with Crippen molar-refractivity contribution in [3.63, 3.8) is 0 Å². The molecule has 0 aliphatic heterocycles. The average Bonchev–Trinajstić information content (AvgIpc) is 2.75. The fraction of sp³-hybridized carbons (Fsp3) is 0.143. The van der Waals surface area contributed by atoms with E-state index in [-0.39, 0.29) is 6.04 Å². The first-order valence-corrected chi connectivity index (χ1v) is 5.53. The zero-order valence-corrected chi connectivity index (χ0v) is 9.38. The Labute approximate surface area is 98.0 Å². The molecule has 0 N–H and O–H groups in total. The number of rotatable bonds is 2. The standard InChI is InChI=1S/C14H11NO2/c1-9(15-16)10-6-7-14-12(8-10)11-4-2-3-5-13(11)17-14/h2-9H,1H3. The summed E-state index contributed by atoms with van der Waals surface area (Å²) in [5, 5.41) is 5.16. The van der Waals surface area contributed by atoms with Crippen molar-refractivity contribution in [2.75, 3.05) is 0 Å². The summed E-state index contributed by atoms with van der Waals surface area (Å²) < 4.78 is 5.71. The smallest absolute Gasteiger partial charge is 0.135 e. The molecular weight excluding hydrogens is 214 g/mol. The van der Waals surface area contributed by atoms with Crippen LogP contribution in [-0.2, 0) is 0 Å². The molecule has 84 valence electrons. The van der Waals surface area contributed by atoms with Gasteiger partial charge in [-0.2, -0.15) is 4.91 Å². The predicted octanol–water partition coefficient (Wildman–Crippen LogP) is 4.41. The normalized spacial score (nSPS) is 13.0. The summed E-state index contributed by atoms with van der Waals surface area (Å²) in [5.74, 6) is 0. The third kappa shape index (κ3) is 1.51. The van der Waals surface area contributed by atoms with E-state index in [9.17, 15) is 4.91 Å². The van der Waals surface area contributed by atoms with Gasteiger partial charge in [-0.05, 0) is 30.7 Å². The van der Waals surface area contributed by atoms with Crippen LogP contribution >= 0.6 is 0 Å². The van der Waals surface area contributed by atoms with E-state index in [1.54, 1.807) is 6.92 Å². The van der Waals surface area contributed by atoms with E-state index in [1.807, 2.05) is 42.5 Å². The van der Waals surface area contributed by atoms with Gasteiger partial charge in [0.2, 0.25) is 0 Å². The molecule has 0 bridgehead atoms. The Hall–Kier alpha value is -2.16. The van der Waals surface area contributed by atoms with Crippen molar-refractivity contribution in [1.29, 1.82) is 0 Å². The molecular formula is C14H11NO2. The first-order valence-electron chi connectivity index (χ1n) is 5.53. The van der Waals surface area contributed by atoms with E-state index in [4.69, 9.17) is 4.42 Å². The quantitative estimate of drug-likeness (QED) is 0.606. The van der Waals surface area contributed by atoms with E-state index in [2.05, 4.69) is 5.18 Å². The van der Waals surface area contributed by atoms with Crippen molar-refractivity contribution >= 4 is 21.9 Å². The van der Waals surface area contributed by atoms with Gasteiger partial charge in [-0.1, -0.05) is 29.4 Å². The molecule has 0 aliphatic carbocycles. The van der Waals surface area contributed by atoms with Crippen LogP contribution in [0.3, 0.4) is 0 Å². The van der Waals surface area contributed by atoms with Crippen molar-refractivity contribution in [1.82, 2.24) is 0 Å². The van der Waals surface area contributed by atoms with Crippen molar-refractivity contribution in [3.8, 4) is 0 Å². The van der Waals surface area contributed by atoms with Crippen LogP contribution in [0.15, 0.2) is 52.1 Å². The largest absolute Gasteiger partial charge is 0.456 e. The van der Waals surface area contributed by atoms with Crippen LogP contribution in [0.25, 0.3) is 21.9 Å². The number of nitrogens with zero attached hydrogens (tertiary/aromatic N) is 1. The van der Waals surface area contributed by atoms with Gasteiger partial charge in [-0.15, -0.1) is 0 Å². The summed E-state index contributed by atoms with van der Waals surface area (Å²) in [4.78, 5) is 10.6. The number of hydrogen-bond acceptors (Lipinski definition) is 3. The van der Waals surface area contributed by atoms with Gasteiger partial charge in [0.15, 0.2) is 0 Å². The number of hydrogen-bond donors (Lipinski definition) is 0. The molecule has 3 aromatic rings. The second-order valence-electron chi connectivity index (χ2n) is 4.14. The lowest BCUT2D eigenvalue weighted by molar-refractivity contribution is 0.668. The van der Waals surface area contributed by atoms with Crippen molar-refractivity contribution < 1.29 is 4.42 Å². The van der Waals surface area contributed by atoms with Crippen LogP contribution in [-0.4, -0.2) is 0 Å². The number of fused-ring (bicyclic) bond motifs is 3. The van der Waals surface area contributed by atoms with E-state index >= 15 is 0 Å². The SMILES string of the molecule is CC(N=O)c1ccc2oc3ccccc3c2c1. The molecule has 0 aliphatic rings. The highest BCUT2D eigenvalue weighted by Crippen LogP contribution is 2.31. The Bertz CT molecular complexity index is 700. The van der Waals surface area contributed by atoms with Gasteiger partial charge in [0, 0.05) is 10.8 Å². The average molecular weight is 225 g/mol. The molecule has 1 atom stereocenters. The minimum atomic E-state index is -0.326. The number of furan rings is 1. The maximum Gasteiger partial charge on any atom is 0.135 e. The molecule has 3 rings (SSSR count). The molecule has 1 heterocycles. The van der Waals surface area contributed by atoms with Crippen LogP contribution in [0, 0.1) is 4.91 Å². The minimum Gasteiger partial charge on any atom is -0.456 e. The lowest BCUT2D eigenvalue weighted by atomic mass is 10.1. The monoisotopic (exact) mass is 225 g/mol. The van der Waals surface area contributed by atoms with E-state index in [0.717, 1.165) is 27.5 Å². The molecule has 0 spiro atoms. The van der Waals surface area contributed by atoms with E-state index < -0.39 is 0 Å². The third-order valence-electron chi connectivity index (χ3n) is 3.04. The zero-order valence-electron chi connectivity index (χ0n) is 9.38. The molecule has 0 saturated heterocycles. The lowest BCUT2D eigenvalue weighted by Crippen LogP contribution is -1.86. The van der Waals surface area contributed by atoms with Crippen LogP contribution in [0.2, 0.25) is 0 Å². The van der Waals surface area contributed by atoms with Gasteiger partial charge in [0.25, 0.3) is 0 Å². The van der Waals surface area contributed by atoms with Crippen molar-refractivity contribution in [2.45, 2.75) is 13.0 Å². The minimum absolute atomic E-state index is 0.326. The highest BCUT2D eigenvalue weighted by Gasteiger charge is 2.10. The Balaban J connectivity index is 2.33. The number of nitroso groups, excluding NO2 is 1. The summed E-state index contributed by atoms with van der Waals surface area (Å²) in [7, 11) is 0. The van der Waals surface area contributed by atoms with Gasteiger partial charge in [0.05, 0.1) is 0 Å². The molecule has 1 aromatic heterocycles. The summed E-state index contributed by atoms with van der Waals surface area (Å²) in [6, 6.07) is 13.3. The molecule has 3 nitrogen and oxygen atoms in total. The fourth-order valence-electron chi connectivity index (χ4n) is 2.06. The maximum atomic E-state index is 10.6. The predicted molar refractivity (Wildman–Crippen MR) is 67.9 cm³/mol. The fourth-order valence-corrected chi connectivity index (χ4v) is 2.06. The Morgan fingerprint density at radius 1 is 1.06 bits per heavy atom. The summed E-state index contributed by atoms with van der Waals surface area (Å²) in [6.45, 7) is 1.79. The first kappa shape index (κ1) is 10.0. The molecule has 2 aromatic carbocycles. The van der Waals surface area contributed by atoms with Crippen LogP contribution in [0.1, 0.15) is 18.5 Å². The summed E-state index contributed by atoms with van der Waals surface area (Å²) in [6.07, 6.45) is 0. The van der Waals surface area contributed by atoms with Gasteiger partial charge in [-0.25, -0.2) is 0 Å². The number of benzene rings is 2. The lowest BCUT2D eigenvalue weighted by Gasteiger charge is -2.01. The van der Waals surface area contributed by atoms with Gasteiger partial charge in [0.1, 0.15) is 17.2 Å². The molecule has 3 heteroatoms. The Morgan fingerprint density at radius 3 is 2.65 bits per heavy atom. The van der Waals surface area contributed by atoms with E-state index in [0.29, 0.717) is 0 Å². The molecule has 0 amide bonds. The molecule has 1 unspecified atom stereocenters. The van der Waals surface area contributed by atoms with E-state index in [1.165, 1.54) is 0 Å². The highest BCUT2D eigenvalue weighted by molar-refractivity contribution is 6.04. The number of para-hydroxylation sites is 1. The Morgan fingerprint density at radius 2 is 1.82 bits per heavy atom. The van der Waals surface area contributed by atoms with Crippen molar-refractivity contribution in [3.05, 3.63) is 52.9 Å². The molecule has 17 heavy (non-hydrogen) atoms. The molecule has 0 saturated carbocycles. The van der Waals surface area contributed by atoms with Gasteiger partial charge >= 0.3 is 0 Å². The van der Waals surface area contributed by atoms with Gasteiger partial charge in [-0.3, -0.25) is 0 Å².